The summed E-state index contributed by atoms with van der Waals surface area (Å²) in [7, 11) is 0. The van der Waals surface area contributed by atoms with Crippen molar-refractivity contribution in [1.29, 1.82) is 0 Å². The van der Waals surface area contributed by atoms with Crippen LogP contribution in [0.5, 0.6) is 0 Å². The molecule has 0 fully saturated rings. The number of aliphatic hydroxyl groups is 1. The standard InChI is InChI=1S/C11H12O2/c1-8(9(2)12)11(13)10-6-4-3-5-7-10/h3-7,11,13H,1H2,2H3/t11-/m1/s1. The minimum absolute atomic E-state index is 0.184. The number of benzene rings is 1. The lowest BCUT2D eigenvalue weighted by Gasteiger charge is -2.10. The van der Waals surface area contributed by atoms with E-state index in [9.17, 15) is 9.90 Å². The number of Topliss-reactive ketones (excluding diaryl/α,β-unsaturated/α-hetero) is 1. The fraction of sp³-hybridized carbons (Fsp3) is 0.182. The van der Waals surface area contributed by atoms with E-state index < -0.39 is 6.10 Å². The fourth-order valence-electron chi connectivity index (χ4n) is 1.03. The minimum atomic E-state index is -0.876. The zero-order chi connectivity index (χ0) is 9.84. The lowest BCUT2D eigenvalue weighted by molar-refractivity contribution is -0.114. The number of aliphatic hydroxyl groups excluding tert-OH is 1. The van der Waals surface area contributed by atoms with E-state index in [1.807, 2.05) is 18.2 Å². The van der Waals surface area contributed by atoms with Crippen LogP contribution in [0.2, 0.25) is 0 Å². The Labute approximate surface area is 77.5 Å². The molecule has 0 unspecified atom stereocenters. The smallest absolute Gasteiger partial charge is 0.158 e. The van der Waals surface area contributed by atoms with E-state index in [1.54, 1.807) is 12.1 Å². The van der Waals surface area contributed by atoms with Crippen molar-refractivity contribution >= 4 is 5.78 Å². The number of carbonyl (C=O) groups is 1. The second-order valence-electron chi connectivity index (χ2n) is 2.89. The highest BCUT2D eigenvalue weighted by molar-refractivity contribution is 5.93. The number of ketones is 1. The average Bonchev–Trinajstić information content (AvgIpc) is 2.17. The first-order chi connectivity index (χ1) is 6.13. The second kappa shape index (κ2) is 4.01. The molecule has 0 bridgehead atoms. The summed E-state index contributed by atoms with van der Waals surface area (Å²) in [6.07, 6.45) is -0.876. The molecule has 1 rings (SSSR count). The zero-order valence-corrected chi connectivity index (χ0v) is 7.53. The number of hydrogen-bond donors (Lipinski definition) is 1. The van der Waals surface area contributed by atoms with Gasteiger partial charge in [-0.05, 0) is 12.5 Å². The second-order valence-corrected chi connectivity index (χ2v) is 2.89. The normalized spacial score (nSPS) is 12.2. The number of rotatable bonds is 3. The van der Waals surface area contributed by atoms with Crippen molar-refractivity contribution in [3.63, 3.8) is 0 Å². The van der Waals surface area contributed by atoms with Gasteiger partial charge in [0.15, 0.2) is 5.78 Å². The third-order valence-electron chi connectivity index (χ3n) is 1.90. The summed E-state index contributed by atoms with van der Waals surface area (Å²) >= 11 is 0. The van der Waals surface area contributed by atoms with Gasteiger partial charge >= 0.3 is 0 Å². The van der Waals surface area contributed by atoms with Crippen LogP contribution in [0.15, 0.2) is 42.5 Å². The first kappa shape index (κ1) is 9.68. The van der Waals surface area contributed by atoms with Crippen LogP contribution in [0.1, 0.15) is 18.6 Å². The van der Waals surface area contributed by atoms with Crippen molar-refractivity contribution in [1.82, 2.24) is 0 Å². The summed E-state index contributed by atoms with van der Waals surface area (Å²) in [6, 6.07) is 9.00. The lowest BCUT2D eigenvalue weighted by atomic mass is 10.0. The van der Waals surface area contributed by atoms with Gasteiger partial charge in [0.1, 0.15) is 6.10 Å². The molecule has 0 saturated heterocycles. The topological polar surface area (TPSA) is 37.3 Å². The van der Waals surface area contributed by atoms with Crippen molar-refractivity contribution < 1.29 is 9.90 Å². The van der Waals surface area contributed by atoms with Gasteiger partial charge in [-0.25, -0.2) is 0 Å². The average molecular weight is 176 g/mol. The number of hydrogen-bond acceptors (Lipinski definition) is 2. The third-order valence-corrected chi connectivity index (χ3v) is 1.90. The zero-order valence-electron chi connectivity index (χ0n) is 7.53. The van der Waals surface area contributed by atoms with Crippen LogP contribution >= 0.6 is 0 Å². The largest absolute Gasteiger partial charge is 0.384 e. The van der Waals surface area contributed by atoms with Gasteiger partial charge in [0, 0.05) is 5.57 Å². The van der Waals surface area contributed by atoms with Crippen LogP contribution in [0.25, 0.3) is 0 Å². The van der Waals surface area contributed by atoms with Crippen molar-refractivity contribution in [3.8, 4) is 0 Å². The molecular formula is C11H12O2. The summed E-state index contributed by atoms with van der Waals surface area (Å²) in [5.41, 5.74) is 0.925. The summed E-state index contributed by atoms with van der Waals surface area (Å²) < 4.78 is 0. The van der Waals surface area contributed by atoms with Gasteiger partial charge < -0.3 is 5.11 Å². The molecule has 1 aromatic rings. The summed E-state index contributed by atoms with van der Waals surface area (Å²) in [5.74, 6) is -0.184. The Hall–Kier alpha value is -1.41. The molecule has 2 nitrogen and oxygen atoms in total. The molecule has 0 aromatic heterocycles. The SMILES string of the molecule is C=C(C(C)=O)[C@@H](O)c1ccccc1. The fourth-order valence-corrected chi connectivity index (χ4v) is 1.03. The predicted octanol–water partition coefficient (Wildman–Crippen LogP) is 1.87. The quantitative estimate of drug-likeness (QED) is 0.714. The van der Waals surface area contributed by atoms with E-state index in [2.05, 4.69) is 6.58 Å². The minimum Gasteiger partial charge on any atom is -0.384 e. The molecule has 0 aliphatic rings. The Morgan fingerprint density at radius 1 is 1.38 bits per heavy atom. The van der Waals surface area contributed by atoms with Gasteiger partial charge in [0.25, 0.3) is 0 Å². The Balaban J connectivity index is 2.86. The Bertz CT molecular complexity index is 314. The molecule has 0 aliphatic carbocycles. The highest BCUT2D eigenvalue weighted by Gasteiger charge is 2.13. The predicted molar refractivity (Wildman–Crippen MR) is 51.2 cm³/mol. The molecule has 0 amide bonds. The summed E-state index contributed by atoms with van der Waals surface area (Å²) in [5, 5.41) is 9.64. The van der Waals surface area contributed by atoms with Crippen LogP contribution in [0, 0.1) is 0 Å². The molecule has 0 spiro atoms. The van der Waals surface area contributed by atoms with Crippen molar-refractivity contribution in [2.24, 2.45) is 0 Å². The first-order valence-corrected chi connectivity index (χ1v) is 4.05. The van der Waals surface area contributed by atoms with Gasteiger partial charge in [-0.2, -0.15) is 0 Å². The van der Waals surface area contributed by atoms with Gasteiger partial charge in [-0.3, -0.25) is 4.79 Å². The van der Waals surface area contributed by atoms with Crippen LogP contribution < -0.4 is 0 Å². The Kier molecular flexibility index (Phi) is 2.98. The number of carbonyl (C=O) groups excluding carboxylic acids is 1. The van der Waals surface area contributed by atoms with Crippen LogP contribution in [-0.2, 0) is 4.79 Å². The van der Waals surface area contributed by atoms with E-state index in [0.29, 0.717) is 5.56 Å². The maximum atomic E-state index is 10.9. The Morgan fingerprint density at radius 3 is 2.38 bits per heavy atom. The van der Waals surface area contributed by atoms with Crippen LogP contribution in [-0.4, -0.2) is 10.9 Å². The molecule has 0 heterocycles. The summed E-state index contributed by atoms with van der Waals surface area (Å²) in [6.45, 7) is 4.93. The molecule has 13 heavy (non-hydrogen) atoms. The first-order valence-electron chi connectivity index (χ1n) is 4.05. The molecule has 0 radical (unpaired) electrons. The van der Waals surface area contributed by atoms with E-state index in [4.69, 9.17) is 0 Å². The van der Waals surface area contributed by atoms with Gasteiger partial charge in [-0.1, -0.05) is 36.9 Å². The molecule has 1 N–H and O–H groups in total. The highest BCUT2D eigenvalue weighted by atomic mass is 16.3. The molecule has 1 aromatic carbocycles. The van der Waals surface area contributed by atoms with E-state index >= 15 is 0 Å². The van der Waals surface area contributed by atoms with E-state index in [1.165, 1.54) is 6.92 Å². The maximum Gasteiger partial charge on any atom is 0.158 e. The Morgan fingerprint density at radius 2 is 1.92 bits per heavy atom. The van der Waals surface area contributed by atoms with Crippen molar-refractivity contribution in [2.75, 3.05) is 0 Å². The van der Waals surface area contributed by atoms with E-state index in [-0.39, 0.29) is 11.4 Å². The molecule has 68 valence electrons. The van der Waals surface area contributed by atoms with Gasteiger partial charge in [-0.15, -0.1) is 0 Å². The van der Waals surface area contributed by atoms with Crippen molar-refractivity contribution in [3.05, 3.63) is 48.0 Å². The third kappa shape index (κ3) is 2.26. The molecule has 1 atom stereocenters. The monoisotopic (exact) mass is 176 g/mol. The molecular weight excluding hydrogens is 164 g/mol. The summed E-state index contributed by atoms with van der Waals surface area (Å²) in [4.78, 5) is 10.9. The lowest BCUT2D eigenvalue weighted by Crippen LogP contribution is -2.06. The van der Waals surface area contributed by atoms with Crippen LogP contribution in [0.3, 0.4) is 0 Å². The van der Waals surface area contributed by atoms with Crippen molar-refractivity contribution in [2.45, 2.75) is 13.0 Å². The molecule has 0 saturated carbocycles. The van der Waals surface area contributed by atoms with Gasteiger partial charge in [0.2, 0.25) is 0 Å². The maximum absolute atomic E-state index is 10.9. The van der Waals surface area contributed by atoms with E-state index in [0.717, 1.165) is 0 Å². The molecule has 2 heteroatoms. The highest BCUT2D eigenvalue weighted by Crippen LogP contribution is 2.19. The molecule has 0 aliphatic heterocycles. The van der Waals surface area contributed by atoms with Gasteiger partial charge in [0.05, 0.1) is 0 Å². The van der Waals surface area contributed by atoms with Crippen LogP contribution in [0.4, 0.5) is 0 Å².